The fourth-order valence-electron chi connectivity index (χ4n) is 1.74. The van der Waals surface area contributed by atoms with Gasteiger partial charge in [-0.3, -0.25) is 10.2 Å². The highest BCUT2D eigenvalue weighted by Gasteiger charge is 2.11. The Morgan fingerprint density at radius 1 is 1.18 bits per heavy atom. The highest BCUT2D eigenvalue weighted by Crippen LogP contribution is 2.17. The summed E-state index contributed by atoms with van der Waals surface area (Å²) >= 11 is 0. The zero-order valence-electron chi connectivity index (χ0n) is 8.49. The number of fused-ring (bicyclic) bond motifs is 3. The van der Waals surface area contributed by atoms with E-state index in [0.29, 0.717) is 17.1 Å². The van der Waals surface area contributed by atoms with Crippen LogP contribution in [0.25, 0.3) is 28.2 Å². The minimum atomic E-state index is 0.581. The van der Waals surface area contributed by atoms with Crippen molar-refractivity contribution in [1.29, 1.82) is 0 Å². The molecular formula is C9H6N8. The summed E-state index contributed by atoms with van der Waals surface area (Å²) in [5.41, 5.74) is 2.18. The van der Waals surface area contributed by atoms with Gasteiger partial charge in [0, 0.05) is 6.20 Å². The van der Waals surface area contributed by atoms with Crippen LogP contribution < -0.4 is 0 Å². The molecule has 0 saturated heterocycles. The lowest BCUT2D eigenvalue weighted by molar-refractivity contribution is 0.929. The van der Waals surface area contributed by atoms with Crippen LogP contribution in [0.3, 0.4) is 0 Å². The molecule has 82 valence electrons. The Kier molecular flexibility index (Phi) is 1.42. The zero-order chi connectivity index (χ0) is 11.2. The van der Waals surface area contributed by atoms with Gasteiger partial charge >= 0.3 is 0 Å². The molecule has 0 aliphatic heterocycles. The van der Waals surface area contributed by atoms with Gasteiger partial charge < -0.3 is 0 Å². The summed E-state index contributed by atoms with van der Waals surface area (Å²) in [5, 5.41) is 18.6. The molecule has 4 rings (SSSR count). The summed E-state index contributed by atoms with van der Waals surface area (Å²) < 4.78 is 1.62. The molecular weight excluding hydrogens is 220 g/mol. The lowest BCUT2D eigenvalue weighted by atomic mass is 10.4. The maximum absolute atomic E-state index is 4.44. The lowest BCUT2D eigenvalue weighted by Gasteiger charge is -1.89. The number of rotatable bonds is 1. The second-order valence-electron chi connectivity index (χ2n) is 3.55. The Bertz CT molecular complexity index is 793. The van der Waals surface area contributed by atoms with Crippen molar-refractivity contribution in [2.75, 3.05) is 0 Å². The van der Waals surface area contributed by atoms with Gasteiger partial charge in [0.05, 0.1) is 11.6 Å². The molecule has 8 heteroatoms. The van der Waals surface area contributed by atoms with Crippen LogP contribution in [0.15, 0.2) is 24.8 Å². The second-order valence-corrected chi connectivity index (χ2v) is 3.55. The van der Waals surface area contributed by atoms with E-state index < -0.39 is 0 Å². The highest BCUT2D eigenvalue weighted by atomic mass is 15.3. The Labute approximate surface area is 93.7 Å². The van der Waals surface area contributed by atoms with E-state index in [4.69, 9.17) is 0 Å². The quantitative estimate of drug-likeness (QED) is 0.489. The Hall–Kier alpha value is -2.77. The third-order valence-corrected chi connectivity index (χ3v) is 2.53. The highest BCUT2D eigenvalue weighted by molar-refractivity contribution is 5.88. The van der Waals surface area contributed by atoms with Crippen molar-refractivity contribution in [3.8, 4) is 11.5 Å². The van der Waals surface area contributed by atoms with Crippen molar-refractivity contribution in [3.05, 3.63) is 24.8 Å². The number of H-pyrrole nitrogens is 2. The average molecular weight is 226 g/mol. The normalized spacial score (nSPS) is 11.5. The van der Waals surface area contributed by atoms with Crippen LogP contribution in [0.5, 0.6) is 0 Å². The fraction of sp³-hybridized carbons (Fsp3) is 0. The van der Waals surface area contributed by atoms with Gasteiger partial charge in [-0.15, -0.1) is 5.10 Å². The summed E-state index contributed by atoms with van der Waals surface area (Å²) in [4.78, 5) is 8.62. The number of hydrogen-bond donors (Lipinski definition) is 2. The summed E-state index contributed by atoms with van der Waals surface area (Å²) in [5.74, 6) is 0.581. The molecule has 0 radical (unpaired) electrons. The number of aromatic amines is 2. The molecule has 0 aliphatic rings. The van der Waals surface area contributed by atoms with E-state index >= 15 is 0 Å². The Morgan fingerprint density at radius 2 is 2.18 bits per heavy atom. The molecule has 0 fully saturated rings. The molecule has 0 bridgehead atoms. The first-order valence-corrected chi connectivity index (χ1v) is 4.96. The Morgan fingerprint density at radius 3 is 3.06 bits per heavy atom. The molecule has 4 aromatic heterocycles. The van der Waals surface area contributed by atoms with Crippen molar-refractivity contribution in [2.24, 2.45) is 0 Å². The second kappa shape index (κ2) is 2.88. The number of nitrogens with one attached hydrogen (secondary N) is 2. The topological polar surface area (TPSA) is 100 Å². The van der Waals surface area contributed by atoms with Crippen LogP contribution in [0.2, 0.25) is 0 Å². The zero-order valence-corrected chi connectivity index (χ0v) is 8.49. The first-order valence-electron chi connectivity index (χ1n) is 4.96. The van der Waals surface area contributed by atoms with Gasteiger partial charge in [-0.05, 0) is 6.07 Å². The molecule has 17 heavy (non-hydrogen) atoms. The summed E-state index contributed by atoms with van der Waals surface area (Å²) in [6.45, 7) is 0. The van der Waals surface area contributed by atoms with Gasteiger partial charge in [-0.25, -0.2) is 14.5 Å². The lowest BCUT2D eigenvalue weighted by Crippen LogP contribution is -1.89. The first kappa shape index (κ1) is 8.39. The van der Waals surface area contributed by atoms with Gasteiger partial charge in [-0.2, -0.15) is 10.2 Å². The molecule has 0 amide bonds. The monoisotopic (exact) mass is 226 g/mol. The predicted molar refractivity (Wildman–Crippen MR) is 58.0 cm³/mol. The van der Waals surface area contributed by atoms with E-state index in [1.54, 1.807) is 23.2 Å². The molecule has 0 saturated carbocycles. The van der Waals surface area contributed by atoms with E-state index in [0.717, 1.165) is 11.1 Å². The van der Waals surface area contributed by atoms with Crippen molar-refractivity contribution >= 4 is 16.7 Å². The van der Waals surface area contributed by atoms with Crippen molar-refractivity contribution < 1.29 is 0 Å². The Balaban J connectivity index is 2.09. The minimum absolute atomic E-state index is 0.581. The van der Waals surface area contributed by atoms with Crippen LogP contribution in [-0.4, -0.2) is 40.0 Å². The van der Waals surface area contributed by atoms with E-state index in [1.807, 2.05) is 6.07 Å². The first-order chi connectivity index (χ1) is 8.42. The largest absolute Gasteiger partial charge is 0.275 e. The van der Waals surface area contributed by atoms with Crippen molar-refractivity contribution in [3.63, 3.8) is 0 Å². The maximum atomic E-state index is 4.44. The van der Waals surface area contributed by atoms with Crippen LogP contribution in [0.4, 0.5) is 0 Å². The van der Waals surface area contributed by atoms with Gasteiger partial charge in [0.15, 0.2) is 17.1 Å². The number of hydrogen-bond acceptors (Lipinski definition) is 5. The maximum Gasteiger partial charge on any atom is 0.200 e. The van der Waals surface area contributed by atoms with E-state index in [1.165, 1.54) is 0 Å². The van der Waals surface area contributed by atoms with Crippen LogP contribution in [-0.2, 0) is 0 Å². The molecule has 0 atom stereocenters. The summed E-state index contributed by atoms with van der Waals surface area (Å²) in [6.07, 6.45) is 4.94. The van der Waals surface area contributed by atoms with Gasteiger partial charge in [0.2, 0.25) is 0 Å². The summed E-state index contributed by atoms with van der Waals surface area (Å²) in [7, 11) is 0. The van der Waals surface area contributed by atoms with E-state index in [-0.39, 0.29) is 0 Å². The van der Waals surface area contributed by atoms with E-state index in [9.17, 15) is 0 Å². The third-order valence-electron chi connectivity index (χ3n) is 2.53. The van der Waals surface area contributed by atoms with Crippen LogP contribution in [0, 0.1) is 0 Å². The number of aromatic nitrogens is 8. The molecule has 0 unspecified atom stereocenters. The standard InChI is InChI=1S/C9H6N8/c1-2-11-14-6(1)8-13-9-5-3-12-15-7(5)10-4-17(9)16-8/h1-4H,(H,11,14)(H,12,15). The molecule has 0 spiro atoms. The SMILES string of the molecule is c1cc(-c2nc3c4cn[nH]c4ncn3n2)[nH]n1. The fourth-order valence-corrected chi connectivity index (χ4v) is 1.74. The smallest absolute Gasteiger partial charge is 0.200 e. The van der Waals surface area contributed by atoms with Gasteiger partial charge in [-0.1, -0.05) is 0 Å². The van der Waals surface area contributed by atoms with Crippen LogP contribution in [0.1, 0.15) is 0 Å². The molecule has 4 aromatic rings. The van der Waals surface area contributed by atoms with E-state index in [2.05, 4.69) is 35.5 Å². The predicted octanol–water partition coefficient (Wildman–Crippen LogP) is 0.391. The number of nitrogens with zero attached hydrogens (tertiary/aromatic N) is 6. The van der Waals surface area contributed by atoms with Gasteiger partial charge in [0.1, 0.15) is 12.0 Å². The third kappa shape index (κ3) is 1.08. The molecule has 0 aliphatic carbocycles. The molecule has 8 nitrogen and oxygen atoms in total. The van der Waals surface area contributed by atoms with Crippen LogP contribution >= 0.6 is 0 Å². The minimum Gasteiger partial charge on any atom is -0.275 e. The van der Waals surface area contributed by atoms with Crippen molar-refractivity contribution in [1.82, 2.24) is 40.0 Å². The molecule has 0 aromatic carbocycles. The van der Waals surface area contributed by atoms with Gasteiger partial charge in [0.25, 0.3) is 0 Å². The summed E-state index contributed by atoms with van der Waals surface area (Å²) in [6, 6.07) is 1.81. The molecule has 4 heterocycles. The molecule has 2 N–H and O–H groups in total. The average Bonchev–Trinajstić information content (AvgIpc) is 3.08. The van der Waals surface area contributed by atoms with Crippen molar-refractivity contribution in [2.45, 2.75) is 0 Å².